The standard InChI is InChI=1S/C16H17N5O2/c1-21(2)15(10-22)16(23)11-3-5-13(6-4-11)20-14(9-19)12(7-17)8-18/h3-6,15-16,20,22-23H,10H2,1-2H3. The second-order valence-electron chi connectivity index (χ2n) is 4.99. The van der Waals surface area contributed by atoms with Gasteiger partial charge in [0, 0.05) is 5.69 Å². The number of aliphatic hydroxyl groups excluding tert-OH is 2. The Balaban J connectivity index is 2.98. The van der Waals surface area contributed by atoms with E-state index in [1.807, 2.05) is 0 Å². The van der Waals surface area contributed by atoms with Crippen LogP contribution in [0.1, 0.15) is 11.7 Å². The van der Waals surface area contributed by atoms with Gasteiger partial charge in [-0.1, -0.05) is 12.1 Å². The summed E-state index contributed by atoms with van der Waals surface area (Å²) in [5, 5.41) is 48.8. The van der Waals surface area contributed by atoms with E-state index in [1.54, 1.807) is 61.5 Å². The Morgan fingerprint density at radius 1 is 1.13 bits per heavy atom. The van der Waals surface area contributed by atoms with Crippen LogP contribution in [-0.2, 0) is 0 Å². The van der Waals surface area contributed by atoms with Crippen molar-refractivity contribution in [2.75, 3.05) is 26.0 Å². The molecule has 1 rings (SSSR count). The monoisotopic (exact) mass is 311 g/mol. The summed E-state index contributed by atoms with van der Waals surface area (Å²) in [7, 11) is 3.52. The van der Waals surface area contributed by atoms with Crippen LogP contribution in [0.15, 0.2) is 35.5 Å². The first-order valence-electron chi connectivity index (χ1n) is 6.75. The molecular weight excluding hydrogens is 294 g/mol. The average Bonchev–Trinajstić information content (AvgIpc) is 2.55. The van der Waals surface area contributed by atoms with Gasteiger partial charge in [-0.25, -0.2) is 0 Å². The third-order valence-corrected chi connectivity index (χ3v) is 3.32. The highest BCUT2D eigenvalue weighted by Gasteiger charge is 2.22. The summed E-state index contributed by atoms with van der Waals surface area (Å²) in [6.45, 7) is -0.191. The van der Waals surface area contributed by atoms with E-state index >= 15 is 0 Å². The molecule has 0 aliphatic carbocycles. The zero-order chi connectivity index (χ0) is 17.4. The predicted molar refractivity (Wildman–Crippen MR) is 83.5 cm³/mol. The van der Waals surface area contributed by atoms with Crippen LogP contribution in [0.25, 0.3) is 0 Å². The number of hydrogen-bond donors (Lipinski definition) is 3. The highest BCUT2D eigenvalue weighted by Crippen LogP contribution is 2.22. The molecule has 1 aromatic rings. The lowest BCUT2D eigenvalue weighted by atomic mass is 10.0. The molecule has 2 unspecified atom stereocenters. The third-order valence-electron chi connectivity index (χ3n) is 3.32. The van der Waals surface area contributed by atoms with E-state index in [2.05, 4.69) is 5.32 Å². The van der Waals surface area contributed by atoms with Crippen LogP contribution in [0.4, 0.5) is 5.69 Å². The van der Waals surface area contributed by atoms with E-state index in [0.717, 1.165) is 0 Å². The van der Waals surface area contributed by atoms with Crippen LogP contribution >= 0.6 is 0 Å². The lowest BCUT2D eigenvalue weighted by Crippen LogP contribution is -2.37. The Morgan fingerprint density at radius 2 is 1.70 bits per heavy atom. The van der Waals surface area contributed by atoms with Gasteiger partial charge in [0.1, 0.15) is 23.9 Å². The molecule has 0 saturated heterocycles. The van der Waals surface area contributed by atoms with E-state index in [1.165, 1.54) is 0 Å². The lowest BCUT2D eigenvalue weighted by molar-refractivity contribution is 0.0390. The second-order valence-corrected chi connectivity index (χ2v) is 4.99. The molecule has 0 aromatic heterocycles. The van der Waals surface area contributed by atoms with Crippen LogP contribution in [0.2, 0.25) is 0 Å². The zero-order valence-corrected chi connectivity index (χ0v) is 12.9. The smallest absolute Gasteiger partial charge is 0.163 e. The number of benzene rings is 1. The Bertz CT molecular complexity index is 673. The Labute approximate surface area is 134 Å². The normalized spacial score (nSPS) is 12.4. The van der Waals surface area contributed by atoms with Crippen molar-refractivity contribution in [2.45, 2.75) is 12.1 Å². The van der Waals surface area contributed by atoms with Gasteiger partial charge < -0.3 is 20.4 Å². The molecule has 0 aliphatic rings. The van der Waals surface area contributed by atoms with Gasteiger partial charge in [0.2, 0.25) is 0 Å². The molecule has 3 N–H and O–H groups in total. The van der Waals surface area contributed by atoms with Crippen molar-refractivity contribution in [1.82, 2.24) is 4.90 Å². The predicted octanol–water partition coefficient (Wildman–Crippen LogP) is 0.879. The number of allylic oxidation sites excluding steroid dienone is 2. The van der Waals surface area contributed by atoms with E-state index < -0.39 is 12.1 Å². The molecule has 1 aromatic carbocycles. The van der Waals surface area contributed by atoms with Crippen molar-refractivity contribution in [3.8, 4) is 18.2 Å². The fourth-order valence-corrected chi connectivity index (χ4v) is 1.96. The van der Waals surface area contributed by atoms with Crippen LogP contribution in [-0.4, -0.2) is 41.9 Å². The molecule has 7 heteroatoms. The molecule has 0 radical (unpaired) electrons. The molecule has 0 aliphatic heterocycles. The number of anilines is 1. The summed E-state index contributed by atoms with van der Waals surface area (Å²) in [5.41, 5.74) is 0.673. The molecule has 0 spiro atoms. The van der Waals surface area contributed by atoms with E-state index in [4.69, 9.17) is 15.8 Å². The van der Waals surface area contributed by atoms with Crippen molar-refractivity contribution in [3.05, 3.63) is 41.1 Å². The van der Waals surface area contributed by atoms with Crippen LogP contribution in [0.3, 0.4) is 0 Å². The van der Waals surface area contributed by atoms with Crippen molar-refractivity contribution in [2.24, 2.45) is 0 Å². The minimum Gasteiger partial charge on any atom is -0.395 e. The van der Waals surface area contributed by atoms with Crippen LogP contribution in [0, 0.1) is 34.0 Å². The molecular formula is C16H17N5O2. The van der Waals surface area contributed by atoms with E-state index in [9.17, 15) is 10.2 Å². The summed E-state index contributed by atoms with van der Waals surface area (Å²) in [4.78, 5) is 1.72. The van der Waals surface area contributed by atoms with Gasteiger partial charge in [-0.2, -0.15) is 15.8 Å². The summed E-state index contributed by atoms with van der Waals surface area (Å²) < 4.78 is 0. The zero-order valence-electron chi connectivity index (χ0n) is 12.9. The lowest BCUT2D eigenvalue weighted by Gasteiger charge is -2.27. The average molecular weight is 311 g/mol. The summed E-state index contributed by atoms with van der Waals surface area (Å²) in [6.07, 6.45) is -0.871. The van der Waals surface area contributed by atoms with E-state index in [-0.39, 0.29) is 17.9 Å². The highest BCUT2D eigenvalue weighted by molar-refractivity contribution is 5.58. The number of hydrogen-bond acceptors (Lipinski definition) is 7. The summed E-state index contributed by atoms with van der Waals surface area (Å²) in [6, 6.07) is 11.2. The molecule has 7 nitrogen and oxygen atoms in total. The Hall–Kier alpha value is -2.89. The third kappa shape index (κ3) is 4.54. The summed E-state index contributed by atoms with van der Waals surface area (Å²) in [5.74, 6) is 0. The van der Waals surface area contributed by atoms with Crippen molar-refractivity contribution >= 4 is 5.69 Å². The van der Waals surface area contributed by atoms with Crippen LogP contribution in [0.5, 0.6) is 0 Å². The number of nitriles is 3. The molecule has 118 valence electrons. The van der Waals surface area contributed by atoms with Gasteiger partial charge in [-0.15, -0.1) is 0 Å². The minimum absolute atomic E-state index is 0.134. The molecule has 0 saturated carbocycles. The minimum atomic E-state index is -0.871. The Kier molecular flexibility index (Phi) is 6.73. The summed E-state index contributed by atoms with van der Waals surface area (Å²) >= 11 is 0. The number of nitrogens with zero attached hydrogens (tertiary/aromatic N) is 4. The fourth-order valence-electron chi connectivity index (χ4n) is 1.96. The first kappa shape index (κ1) is 18.2. The Morgan fingerprint density at radius 3 is 2.09 bits per heavy atom. The van der Waals surface area contributed by atoms with Gasteiger partial charge in [-0.3, -0.25) is 0 Å². The SMILES string of the molecule is CN(C)C(CO)C(O)c1ccc(NC(C#N)=C(C#N)C#N)cc1. The number of rotatable bonds is 6. The largest absolute Gasteiger partial charge is 0.395 e. The maximum atomic E-state index is 10.3. The fraction of sp³-hybridized carbons (Fsp3) is 0.312. The molecule has 0 bridgehead atoms. The van der Waals surface area contributed by atoms with Gasteiger partial charge in [0.25, 0.3) is 0 Å². The van der Waals surface area contributed by atoms with Crippen molar-refractivity contribution in [3.63, 3.8) is 0 Å². The van der Waals surface area contributed by atoms with E-state index in [0.29, 0.717) is 11.3 Å². The van der Waals surface area contributed by atoms with Gasteiger partial charge >= 0.3 is 0 Å². The first-order valence-corrected chi connectivity index (χ1v) is 6.75. The maximum Gasteiger partial charge on any atom is 0.163 e. The van der Waals surface area contributed by atoms with Gasteiger partial charge in [-0.05, 0) is 31.8 Å². The second kappa shape index (κ2) is 8.53. The highest BCUT2D eigenvalue weighted by atomic mass is 16.3. The molecule has 0 fully saturated rings. The van der Waals surface area contributed by atoms with Gasteiger partial charge in [0.15, 0.2) is 5.57 Å². The van der Waals surface area contributed by atoms with Crippen LogP contribution < -0.4 is 5.32 Å². The number of likely N-dealkylation sites (N-methyl/N-ethyl adjacent to an activating group) is 1. The molecule has 2 atom stereocenters. The number of aliphatic hydroxyl groups is 2. The van der Waals surface area contributed by atoms with Crippen molar-refractivity contribution in [1.29, 1.82) is 15.8 Å². The molecule has 0 amide bonds. The van der Waals surface area contributed by atoms with Gasteiger partial charge in [0.05, 0.1) is 18.8 Å². The topological polar surface area (TPSA) is 127 Å². The molecule has 23 heavy (non-hydrogen) atoms. The molecule has 0 heterocycles. The quantitative estimate of drug-likeness (QED) is 0.665. The number of nitrogens with one attached hydrogen (secondary N) is 1. The van der Waals surface area contributed by atoms with Crippen molar-refractivity contribution < 1.29 is 10.2 Å². The maximum absolute atomic E-state index is 10.3. The first-order chi connectivity index (χ1) is 11.0.